The number of ether oxygens (including phenoxy) is 3. The van der Waals surface area contributed by atoms with Gasteiger partial charge in [-0.2, -0.15) is 0 Å². The van der Waals surface area contributed by atoms with Crippen LogP contribution in [-0.4, -0.2) is 44.1 Å². The van der Waals surface area contributed by atoms with E-state index in [1.54, 1.807) is 6.33 Å². The first kappa shape index (κ1) is 14.1. The molecule has 0 aliphatic carbocycles. The van der Waals surface area contributed by atoms with Gasteiger partial charge in [0.1, 0.15) is 17.7 Å². The zero-order valence-electron chi connectivity index (χ0n) is 11.3. The third kappa shape index (κ3) is 2.24. The van der Waals surface area contributed by atoms with Crippen molar-refractivity contribution in [3.05, 3.63) is 15.3 Å². The van der Waals surface area contributed by atoms with Crippen LogP contribution in [0.25, 0.3) is 11.2 Å². The number of hydrogen-bond donors (Lipinski definition) is 0. The lowest BCUT2D eigenvalue weighted by Gasteiger charge is -2.22. The average molecular weight is 423 g/mol. The van der Waals surface area contributed by atoms with Crippen LogP contribution >= 0.6 is 34.2 Å². The Bertz CT molecular complexity index is 722. The van der Waals surface area contributed by atoms with Crippen molar-refractivity contribution in [1.29, 1.82) is 0 Å². The molecule has 0 amide bonds. The van der Waals surface area contributed by atoms with E-state index in [1.807, 2.05) is 41.0 Å². The first-order valence-corrected chi connectivity index (χ1v) is 7.93. The molecule has 2 saturated heterocycles. The SMILES string of the molecule is CC1(C)O[C@H]2[C@H](n3cnc4c(Cl)nc(I)nc43)OC[C@H]2O1. The van der Waals surface area contributed by atoms with Gasteiger partial charge in [0, 0.05) is 22.6 Å². The van der Waals surface area contributed by atoms with Crippen molar-refractivity contribution < 1.29 is 14.2 Å². The second-order valence-corrected chi connectivity index (χ2v) is 6.79. The summed E-state index contributed by atoms with van der Waals surface area (Å²) >= 11 is 8.13. The Balaban J connectivity index is 1.77. The van der Waals surface area contributed by atoms with Gasteiger partial charge < -0.3 is 14.2 Å². The second-order valence-electron chi connectivity index (χ2n) is 5.47. The molecule has 21 heavy (non-hydrogen) atoms. The molecule has 2 fully saturated rings. The van der Waals surface area contributed by atoms with Gasteiger partial charge in [-0.25, -0.2) is 15.0 Å². The standard InChI is InChI=1S/C12H12ClIN4O3/c1-12(2)20-5-3-19-10(7(5)21-12)18-4-15-6-8(13)16-11(14)17-9(6)18/h4-5,7,10H,3H2,1-2H3/t5-,7-,10-/m1/s1. The van der Waals surface area contributed by atoms with Crippen LogP contribution in [0.2, 0.25) is 5.15 Å². The van der Waals surface area contributed by atoms with Crippen molar-refractivity contribution in [2.24, 2.45) is 0 Å². The molecule has 0 bridgehead atoms. The summed E-state index contributed by atoms with van der Waals surface area (Å²) in [6, 6.07) is 0. The smallest absolute Gasteiger partial charge is 0.194 e. The van der Waals surface area contributed by atoms with Crippen molar-refractivity contribution >= 4 is 45.4 Å². The molecule has 9 heteroatoms. The Labute approximate surface area is 139 Å². The minimum Gasteiger partial charge on any atom is -0.352 e. The molecule has 2 aromatic rings. The zero-order chi connectivity index (χ0) is 14.8. The van der Waals surface area contributed by atoms with Crippen molar-refractivity contribution in [2.75, 3.05) is 6.61 Å². The largest absolute Gasteiger partial charge is 0.352 e. The molecule has 4 heterocycles. The Kier molecular flexibility index (Phi) is 3.16. The van der Waals surface area contributed by atoms with Crippen LogP contribution < -0.4 is 0 Å². The summed E-state index contributed by atoms with van der Waals surface area (Å²) in [6.45, 7) is 4.28. The van der Waals surface area contributed by atoms with Gasteiger partial charge in [0.05, 0.1) is 12.9 Å². The van der Waals surface area contributed by atoms with E-state index in [4.69, 9.17) is 25.8 Å². The summed E-state index contributed by atoms with van der Waals surface area (Å²) < 4.78 is 20.0. The van der Waals surface area contributed by atoms with E-state index in [9.17, 15) is 0 Å². The third-order valence-electron chi connectivity index (χ3n) is 3.56. The predicted octanol–water partition coefficient (Wildman–Crippen LogP) is 2.13. The first-order valence-electron chi connectivity index (χ1n) is 6.47. The second kappa shape index (κ2) is 4.72. The number of nitrogens with zero attached hydrogens (tertiary/aromatic N) is 4. The fourth-order valence-corrected chi connectivity index (χ4v) is 3.63. The van der Waals surface area contributed by atoms with Gasteiger partial charge in [-0.15, -0.1) is 0 Å². The van der Waals surface area contributed by atoms with Gasteiger partial charge in [-0.1, -0.05) is 11.6 Å². The number of aromatic nitrogens is 4. The van der Waals surface area contributed by atoms with E-state index in [2.05, 4.69) is 15.0 Å². The highest BCUT2D eigenvalue weighted by Crippen LogP contribution is 2.40. The van der Waals surface area contributed by atoms with Crippen LogP contribution in [0.4, 0.5) is 0 Å². The lowest BCUT2D eigenvalue weighted by molar-refractivity contribution is -0.183. The minimum absolute atomic E-state index is 0.0844. The van der Waals surface area contributed by atoms with E-state index in [-0.39, 0.29) is 18.4 Å². The monoisotopic (exact) mass is 422 g/mol. The van der Waals surface area contributed by atoms with Gasteiger partial charge in [0.2, 0.25) is 0 Å². The topological polar surface area (TPSA) is 71.3 Å². The van der Waals surface area contributed by atoms with E-state index >= 15 is 0 Å². The molecule has 2 aliphatic rings. The molecule has 0 radical (unpaired) electrons. The Hall–Kier alpha value is -0.550. The maximum absolute atomic E-state index is 6.11. The van der Waals surface area contributed by atoms with Gasteiger partial charge in [-0.05, 0) is 13.8 Å². The third-order valence-corrected chi connectivity index (χ3v) is 4.31. The molecule has 4 rings (SSSR count). The molecule has 2 aliphatic heterocycles. The highest BCUT2D eigenvalue weighted by atomic mass is 127. The maximum Gasteiger partial charge on any atom is 0.194 e. The Morgan fingerprint density at radius 1 is 1.38 bits per heavy atom. The molecule has 0 unspecified atom stereocenters. The fraction of sp³-hybridized carbons (Fsp3) is 0.583. The van der Waals surface area contributed by atoms with E-state index in [0.717, 1.165) is 0 Å². The van der Waals surface area contributed by atoms with Crippen LogP contribution in [0.1, 0.15) is 20.1 Å². The van der Waals surface area contributed by atoms with Gasteiger partial charge in [-0.3, -0.25) is 4.57 Å². The molecule has 0 saturated carbocycles. The van der Waals surface area contributed by atoms with E-state index in [0.29, 0.717) is 26.8 Å². The first-order chi connectivity index (χ1) is 9.94. The number of imidazole rings is 1. The molecule has 0 N–H and O–H groups in total. The van der Waals surface area contributed by atoms with Crippen molar-refractivity contribution in [3.63, 3.8) is 0 Å². The molecule has 3 atom stereocenters. The quantitative estimate of drug-likeness (QED) is 0.398. The zero-order valence-corrected chi connectivity index (χ0v) is 14.2. The van der Waals surface area contributed by atoms with Crippen LogP contribution in [-0.2, 0) is 14.2 Å². The van der Waals surface area contributed by atoms with E-state index < -0.39 is 5.79 Å². The van der Waals surface area contributed by atoms with Crippen LogP contribution in [0.15, 0.2) is 6.33 Å². The summed E-state index contributed by atoms with van der Waals surface area (Å²) in [5.74, 6) is -0.602. The summed E-state index contributed by atoms with van der Waals surface area (Å²) in [6.07, 6.45) is 1.05. The highest BCUT2D eigenvalue weighted by Gasteiger charge is 2.51. The number of halogens is 2. The lowest BCUT2D eigenvalue weighted by Crippen LogP contribution is -2.27. The molecule has 2 aromatic heterocycles. The summed E-state index contributed by atoms with van der Waals surface area (Å²) in [4.78, 5) is 12.8. The van der Waals surface area contributed by atoms with Crippen molar-refractivity contribution in [2.45, 2.75) is 38.1 Å². The van der Waals surface area contributed by atoms with E-state index in [1.165, 1.54) is 0 Å². The number of rotatable bonds is 1. The molecule has 0 aromatic carbocycles. The predicted molar refractivity (Wildman–Crippen MR) is 81.9 cm³/mol. The van der Waals surface area contributed by atoms with Crippen LogP contribution in [0.3, 0.4) is 0 Å². The summed E-state index contributed by atoms with van der Waals surface area (Å²) in [5.41, 5.74) is 1.20. The fourth-order valence-electron chi connectivity index (χ4n) is 2.80. The van der Waals surface area contributed by atoms with Crippen LogP contribution in [0, 0.1) is 3.83 Å². The minimum atomic E-state index is -0.602. The molecular formula is C12H12ClIN4O3. The van der Waals surface area contributed by atoms with Gasteiger partial charge in [0.15, 0.2) is 26.6 Å². The maximum atomic E-state index is 6.11. The highest BCUT2D eigenvalue weighted by molar-refractivity contribution is 14.1. The summed E-state index contributed by atoms with van der Waals surface area (Å²) in [5, 5.41) is 0.335. The number of fused-ring (bicyclic) bond motifs is 2. The van der Waals surface area contributed by atoms with Gasteiger partial charge >= 0.3 is 0 Å². The molecule has 0 spiro atoms. The van der Waals surface area contributed by atoms with Gasteiger partial charge in [0.25, 0.3) is 0 Å². The average Bonchev–Trinajstić information content (AvgIpc) is 3.00. The van der Waals surface area contributed by atoms with Crippen molar-refractivity contribution in [3.8, 4) is 0 Å². The Morgan fingerprint density at radius 2 is 2.19 bits per heavy atom. The lowest BCUT2D eigenvalue weighted by atomic mass is 10.2. The normalized spacial score (nSPS) is 31.0. The molecule has 7 nitrogen and oxygen atoms in total. The summed E-state index contributed by atoms with van der Waals surface area (Å²) in [7, 11) is 0. The molecule has 112 valence electrons. The number of hydrogen-bond acceptors (Lipinski definition) is 6. The van der Waals surface area contributed by atoms with Crippen molar-refractivity contribution in [1.82, 2.24) is 19.5 Å². The van der Waals surface area contributed by atoms with Crippen LogP contribution in [0.5, 0.6) is 0 Å². The Morgan fingerprint density at radius 3 is 3.00 bits per heavy atom. The molecular weight excluding hydrogens is 411 g/mol.